The average Bonchev–Trinajstić information content (AvgIpc) is 2.85. The average molecular weight is 278 g/mol. The Kier molecular flexibility index (Phi) is 4.98. The molecule has 5 heteroatoms. The summed E-state index contributed by atoms with van der Waals surface area (Å²) in [5, 5.41) is 13.2. The summed E-state index contributed by atoms with van der Waals surface area (Å²) >= 11 is 0. The smallest absolute Gasteiger partial charge is 0.217 e. The van der Waals surface area contributed by atoms with E-state index in [0.29, 0.717) is 6.54 Å². The lowest BCUT2D eigenvalue weighted by atomic mass is 10.1. The number of ether oxygens (including phenoxy) is 1. The summed E-state index contributed by atoms with van der Waals surface area (Å²) in [5.41, 5.74) is 0.854. The van der Waals surface area contributed by atoms with Gasteiger partial charge in [-0.1, -0.05) is 12.1 Å². The van der Waals surface area contributed by atoms with Crippen molar-refractivity contribution < 1.29 is 14.6 Å². The summed E-state index contributed by atoms with van der Waals surface area (Å²) in [6.07, 6.45) is 0.394. The topological polar surface area (TPSA) is 61.8 Å². The lowest BCUT2D eigenvalue weighted by Crippen LogP contribution is -2.36. The third-order valence-corrected chi connectivity index (χ3v) is 3.59. The maximum Gasteiger partial charge on any atom is 0.217 e. The highest BCUT2D eigenvalue weighted by molar-refractivity contribution is 5.73. The molecule has 0 spiro atoms. The van der Waals surface area contributed by atoms with Crippen LogP contribution in [0.2, 0.25) is 0 Å². The van der Waals surface area contributed by atoms with Gasteiger partial charge in [0.2, 0.25) is 5.91 Å². The number of aliphatic hydroxyl groups is 1. The first-order valence-corrected chi connectivity index (χ1v) is 6.90. The van der Waals surface area contributed by atoms with Gasteiger partial charge in [-0.15, -0.1) is 0 Å². The van der Waals surface area contributed by atoms with E-state index >= 15 is 0 Å². The number of nitrogens with one attached hydrogen (secondary N) is 1. The maximum atomic E-state index is 11.0. The van der Waals surface area contributed by atoms with Crippen LogP contribution in [-0.2, 0) is 4.79 Å². The minimum atomic E-state index is -0.541. The predicted octanol–water partition coefficient (Wildman–Crippen LogP) is 0.939. The number of carbonyl (C=O) groups excluding carboxylic acids is 1. The van der Waals surface area contributed by atoms with Crippen molar-refractivity contribution in [2.24, 2.45) is 0 Å². The van der Waals surface area contributed by atoms with Gasteiger partial charge in [0.1, 0.15) is 5.75 Å². The van der Waals surface area contributed by atoms with Crippen LogP contribution in [-0.4, -0.2) is 48.7 Å². The van der Waals surface area contributed by atoms with Gasteiger partial charge in [-0.2, -0.15) is 0 Å². The SMILES string of the molecule is COc1cccc(C(O)CN2CCC(NC(C)=O)C2)c1. The van der Waals surface area contributed by atoms with Crippen LogP contribution in [0.1, 0.15) is 25.0 Å². The number of hydrogen-bond acceptors (Lipinski definition) is 4. The van der Waals surface area contributed by atoms with Crippen molar-refractivity contribution in [3.05, 3.63) is 29.8 Å². The molecule has 1 aromatic carbocycles. The summed E-state index contributed by atoms with van der Waals surface area (Å²) in [4.78, 5) is 13.2. The van der Waals surface area contributed by atoms with Crippen molar-refractivity contribution in [2.75, 3.05) is 26.7 Å². The fourth-order valence-corrected chi connectivity index (χ4v) is 2.60. The summed E-state index contributed by atoms with van der Waals surface area (Å²) in [6.45, 7) is 3.80. The molecule has 2 atom stereocenters. The molecular formula is C15H22N2O3. The third kappa shape index (κ3) is 3.95. The van der Waals surface area contributed by atoms with E-state index in [1.807, 2.05) is 24.3 Å². The molecular weight excluding hydrogens is 256 g/mol. The molecule has 1 aliphatic rings. The predicted molar refractivity (Wildman–Crippen MR) is 76.6 cm³/mol. The molecule has 1 saturated heterocycles. The summed E-state index contributed by atoms with van der Waals surface area (Å²) in [6, 6.07) is 7.69. The van der Waals surface area contributed by atoms with E-state index in [9.17, 15) is 9.90 Å². The Morgan fingerprint density at radius 1 is 1.60 bits per heavy atom. The van der Waals surface area contributed by atoms with Crippen molar-refractivity contribution in [3.8, 4) is 5.75 Å². The first-order valence-electron chi connectivity index (χ1n) is 6.90. The van der Waals surface area contributed by atoms with Crippen LogP contribution >= 0.6 is 0 Å². The number of benzene rings is 1. The molecule has 2 N–H and O–H groups in total. The lowest BCUT2D eigenvalue weighted by molar-refractivity contribution is -0.119. The van der Waals surface area contributed by atoms with Gasteiger partial charge in [-0.05, 0) is 24.1 Å². The third-order valence-electron chi connectivity index (χ3n) is 3.59. The minimum absolute atomic E-state index is 0.00481. The molecule has 1 heterocycles. The van der Waals surface area contributed by atoms with Crippen molar-refractivity contribution in [1.29, 1.82) is 0 Å². The number of carbonyl (C=O) groups is 1. The van der Waals surface area contributed by atoms with E-state index in [2.05, 4.69) is 10.2 Å². The Bertz CT molecular complexity index is 464. The molecule has 1 aliphatic heterocycles. The van der Waals surface area contributed by atoms with Gasteiger partial charge in [0.05, 0.1) is 13.2 Å². The van der Waals surface area contributed by atoms with Crippen LogP contribution in [0.5, 0.6) is 5.75 Å². The molecule has 2 unspecified atom stereocenters. The second-order valence-electron chi connectivity index (χ2n) is 5.24. The van der Waals surface area contributed by atoms with Crippen LogP contribution in [0.25, 0.3) is 0 Å². The van der Waals surface area contributed by atoms with Crippen LogP contribution in [0.3, 0.4) is 0 Å². The van der Waals surface area contributed by atoms with E-state index in [0.717, 1.165) is 30.8 Å². The largest absolute Gasteiger partial charge is 0.497 e. The van der Waals surface area contributed by atoms with Gasteiger partial charge in [-0.3, -0.25) is 9.69 Å². The van der Waals surface area contributed by atoms with Gasteiger partial charge in [0.25, 0.3) is 0 Å². The van der Waals surface area contributed by atoms with Crippen LogP contribution in [0, 0.1) is 0 Å². The molecule has 0 aromatic heterocycles. The zero-order valence-corrected chi connectivity index (χ0v) is 12.0. The van der Waals surface area contributed by atoms with Crippen molar-refractivity contribution in [1.82, 2.24) is 10.2 Å². The lowest BCUT2D eigenvalue weighted by Gasteiger charge is -2.20. The van der Waals surface area contributed by atoms with Crippen LogP contribution < -0.4 is 10.1 Å². The Morgan fingerprint density at radius 3 is 3.10 bits per heavy atom. The number of β-amino-alcohol motifs (C(OH)–C–C–N with tert-alkyl or cyclic N) is 1. The normalized spacial score (nSPS) is 20.6. The molecule has 1 aromatic rings. The fraction of sp³-hybridized carbons (Fsp3) is 0.533. The molecule has 110 valence electrons. The molecule has 20 heavy (non-hydrogen) atoms. The number of likely N-dealkylation sites (tertiary alicyclic amines) is 1. The molecule has 1 amide bonds. The van der Waals surface area contributed by atoms with E-state index in [1.54, 1.807) is 7.11 Å². The molecule has 1 fully saturated rings. The first-order chi connectivity index (χ1) is 9.58. The quantitative estimate of drug-likeness (QED) is 0.841. The highest BCUT2D eigenvalue weighted by atomic mass is 16.5. The number of rotatable bonds is 5. The monoisotopic (exact) mass is 278 g/mol. The maximum absolute atomic E-state index is 11.0. The fourth-order valence-electron chi connectivity index (χ4n) is 2.60. The van der Waals surface area contributed by atoms with Crippen LogP contribution in [0.15, 0.2) is 24.3 Å². The second kappa shape index (κ2) is 6.72. The molecule has 0 radical (unpaired) electrons. The Morgan fingerprint density at radius 2 is 2.40 bits per heavy atom. The van der Waals surface area contributed by atoms with Crippen molar-refractivity contribution >= 4 is 5.91 Å². The summed E-state index contributed by atoms with van der Waals surface area (Å²) in [7, 11) is 1.62. The van der Waals surface area contributed by atoms with E-state index in [-0.39, 0.29) is 11.9 Å². The van der Waals surface area contributed by atoms with E-state index in [4.69, 9.17) is 4.74 Å². The molecule has 0 bridgehead atoms. The Labute approximate surface area is 119 Å². The molecule has 0 aliphatic carbocycles. The van der Waals surface area contributed by atoms with Gasteiger partial charge in [0.15, 0.2) is 0 Å². The van der Waals surface area contributed by atoms with Crippen molar-refractivity contribution in [3.63, 3.8) is 0 Å². The number of amides is 1. The van der Waals surface area contributed by atoms with Gasteiger partial charge in [0, 0.05) is 32.6 Å². The highest BCUT2D eigenvalue weighted by Crippen LogP contribution is 2.21. The summed E-state index contributed by atoms with van der Waals surface area (Å²) < 4.78 is 5.16. The number of aliphatic hydroxyl groups excluding tert-OH is 1. The van der Waals surface area contributed by atoms with Crippen molar-refractivity contribution in [2.45, 2.75) is 25.5 Å². The van der Waals surface area contributed by atoms with Gasteiger partial charge in [-0.25, -0.2) is 0 Å². The number of hydrogen-bond donors (Lipinski definition) is 2. The minimum Gasteiger partial charge on any atom is -0.497 e. The Balaban J connectivity index is 1.88. The zero-order chi connectivity index (χ0) is 14.5. The number of methoxy groups -OCH3 is 1. The Hall–Kier alpha value is -1.59. The second-order valence-corrected chi connectivity index (χ2v) is 5.24. The molecule has 0 saturated carbocycles. The van der Waals surface area contributed by atoms with Crippen LogP contribution in [0.4, 0.5) is 0 Å². The van der Waals surface area contributed by atoms with E-state index < -0.39 is 6.10 Å². The molecule has 2 rings (SSSR count). The van der Waals surface area contributed by atoms with Gasteiger partial charge < -0.3 is 15.2 Å². The highest BCUT2D eigenvalue weighted by Gasteiger charge is 2.25. The standard InChI is InChI=1S/C15H22N2O3/c1-11(18)16-13-6-7-17(9-13)10-15(19)12-4-3-5-14(8-12)20-2/h3-5,8,13,15,19H,6-7,9-10H2,1-2H3,(H,16,18). The summed E-state index contributed by atoms with van der Waals surface area (Å²) in [5.74, 6) is 0.754. The van der Waals surface area contributed by atoms with Gasteiger partial charge >= 0.3 is 0 Å². The number of nitrogens with zero attached hydrogens (tertiary/aromatic N) is 1. The zero-order valence-electron chi connectivity index (χ0n) is 12.0. The van der Waals surface area contributed by atoms with E-state index in [1.165, 1.54) is 6.92 Å². The molecule has 5 nitrogen and oxygen atoms in total. The first kappa shape index (κ1) is 14.8.